The Morgan fingerprint density at radius 3 is 2.42 bits per heavy atom. The number of imide groups is 1. The molecule has 1 aliphatic heterocycles. The van der Waals surface area contributed by atoms with Crippen molar-refractivity contribution >= 4 is 17.6 Å². The van der Waals surface area contributed by atoms with Crippen molar-refractivity contribution in [2.75, 3.05) is 18.6 Å². The lowest BCUT2D eigenvalue weighted by molar-refractivity contribution is -0.139. The van der Waals surface area contributed by atoms with E-state index in [0.29, 0.717) is 6.61 Å². The number of ether oxygens (including phenoxy) is 1. The van der Waals surface area contributed by atoms with Gasteiger partial charge in [0.25, 0.3) is 11.8 Å². The minimum absolute atomic E-state index is 0.00937. The average Bonchev–Trinajstić information content (AvgIpc) is 2.68. The number of hydrazine groups is 1. The lowest BCUT2D eigenvalue weighted by Crippen LogP contribution is -2.37. The van der Waals surface area contributed by atoms with Crippen molar-refractivity contribution in [3.63, 3.8) is 0 Å². The van der Waals surface area contributed by atoms with E-state index < -0.39 is 23.6 Å². The van der Waals surface area contributed by atoms with E-state index in [0.717, 1.165) is 17.1 Å². The summed E-state index contributed by atoms with van der Waals surface area (Å²) in [4.78, 5) is 28.1. The molecule has 0 atom stereocenters. The maximum Gasteiger partial charge on any atom is 0.418 e. The highest BCUT2D eigenvalue weighted by molar-refractivity contribution is 6.19. The average molecular weight is 343 g/mol. The number of nitrogens with zero attached hydrogens (tertiary/aromatic N) is 2. The predicted octanol–water partition coefficient (Wildman–Crippen LogP) is 2.46. The van der Waals surface area contributed by atoms with Gasteiger partial charge in [0, 0.05) is 12.2 Å². The molecule has 0 aromatic carbocycles. The summed E-state index contributed by atoms with van der Waals surface area (Å²) >= 11 is 0. The first-order valence-electron chi connectivity index (χ1n) is 7.14. The van der Waals surface area contributed by atoms with E-state index >= 15 is 0 Å². The standard InChI is InChI=1S/C15H16F3N3O3/c1-4-24-7-10-8(2)13(22)21(14(10)23)20-12-6-5-11(9(3)19-12)15(16,17)18/h5-6H,4,7H2,1-3H3,(H,19,20). The van der Waals surface area contributed by atoms with E-state index in [4.69, 9.17) is 4.74 Å². The van der Waals surface area contributed by atoms with E-state index in [1.807, 2.05) is 0 Å². The molecule has 1 aromatic rings. The summed E-state index contributed by atoms with van der Waals surface area (Å²) in [5.74, 6) is -1.23. The molecule has 0 unspecified atom stereocenters. The van der Waals surface area contributed by atoms with Crippen LogP contribution in [0.3, 0.4) is 0 Å². The van der Waals surface area contributed by atoms with Crippen LogP contribution in [-0.2, 0) is 20.5 Å². The Labute approximate surface area is 136 Å². The summed E-state index contributed by atoms with van der Waals surface area (Å²) < 4.78 is 43.3. The largest absolute Gasteiger partial charge is 0.418 e. The lowest BCUT2D eigenvalue weighted by atomic mass is 10.2. The van der Waals surface area contributed by atoms with Gasteiger partial charge in [-0.15, -0.1) is 0 Å². The van der Waals surface area contributed by atoms with Gasteiger partial charge in [-0.3, -0.25) is 15.0 Å². The number of alkyl halides is 3. The fourth-order valence-electron chi connectivity index (χ4n) is 2.20. The van der Waals surface area contributed by atoms with E-state index in [1.165, 1.54) is 13.8 Å². The van der Waals surface area contributed by atoms with Crippen LogP contribution in [0.15, 0.2) is 23.3 Å². The number of amides is 2. The van der Waals surface area contributed by atoms with E-state index in [-0.39, 0.29) is 29.3 Å². The molecule has 130 valence electrons. The van der Waals surface area contributed by atoms with Crippen LogP contribution in [0.1, 0.15) is 25.1 Å². The van der Waals surface area contributed by atoms with E-state index in [2.05, 4.69) is 10.4 Å². The first-order valence-corrected chi connectivity index (χ1v) is 7.14. The third kappa shape index (κ3) is 3.40. The Hall–Kier alpha value is -2.42. The van der Waals surface area contributed by atoms with Gasteiger partial charge in [0.15, 0.2) is 0 Å². The zero-order valence-corrected chi connectivity index (χ0v) is 13.3. The summed E-state index contributed by atoms with van der Waals surface area (Å²) in [5, 5.41) is 0.721. The summed E-state index contributed by atoms with van der Waals surface area (Å²) in [6, 6.07) is 1.91. The van der Waals surface area contributed by atoms with Gasteiger partial charge in [-0.25, -0.2) is 4.98 Å². The monoisotopic (exact) mass is 343 g/mol. The molecule has 1 aliphatic rings. The van der Waals surface area contributed by atoms with E-state index in [9.17, 15) is 22.8 Å². The van der Waals surface area contributed by atoms with Crippen molar-refractivity contribution in [2.45, 2.75) is 26.9 Å². The number of aromatic nitrogens is 1. The number of anilines is 1. The molecule has 2 amide bonds. The molecule has 0 spiro atoms. The van der Waals surface area contributed by atoms with Crippen LogP contribution in [0, 0.1) is 6.92 Å². The van der Waals surface area contributed by atoms with Crippen molar-refractivity contribution in [1.82, 2.24) is 9.99 Å². The minimum atomic E-state index is -4.52. The minimum Gasteiger partial charge on any atom is -0.377 e. The van der Waals surface area contributed by atoms with Gasteiger partial charge < -0.3 is 4.74 Å². The fraction of sp³-hybridized carbons (Fsp3) is 0.400. The number of pyridine rings is 1. The molecule has 0 bridgehead atoms. The number of hydrogen-bond acceptors (Lipinski definition) is 5. The smallest absolute Gasteiger partial charge is 0.377 e. The number of carbonyl (C=O) groups excluding carboxylic acids is 2. The van der Waals surface area contributed by atoms with Crippen LogP contribution in [0.2, 0.25) is 0 Å². The highest BCUT2D eigenvalue weighted by atomic mass is 19.4. The van der Waals surface area contributed by atoms with Crippen LogP contribution in [-0.4, -0.2) is 35.0 Å². The molecule has 9 heteroatoms. The Morgan fingerprint density at radius 1 is 1.21 bits per heavy atom. The molecule has 0 radical (unpaired) electrons. The fourth-order valence-corrected chi connectivity index (χ4v) is 2.20. The number of halogens is 3. The van der Waals surface area contributed by atoms with Gasteiger partial charge >= 0.3 is 6.18 Å². The van der Waals surface area contributed by atoms with Gasteiger partial charge in [-0.2, -0.15) is 18.2 Å². The van der Waals surface area contributed by atoms with Gasteiger partial charge in [-0.05, 0) is 32.9 Å². The van der Waals surface area contributed by atoms with Crippen molar-refractivity contribution in [1.29, 1.82) is 0 Å². The third-order valence-corrected chi connectivity index (χ3v) is 3.51. The lowest BCUT2D eigenvalue weighted by Gasteiger charge is -2.18. The molecule has 0 saturated carbocycles. The zero-order valence-electron chi connectivity index (χ0n) is 13.3. The van der Waals surface area contributed by atoms with Crippen LogP contribution in [0.4, 0.5) is 19.0 Å². The van der Waals surface area contributed by atoms with Gasteiger partial charge in [0.2, 0.25) is 0 Å². The van der Waals surface area contributed by atoms with Gasteiger partial charge in [0.05, 0.1) is 23.4 Å². The molecular formula is C15H16F3N3O3. The summed E-state index contributed by atoms with van der Waals surface area (Å²) in [7, 11) is 0. The zero-order chi connectivity index (χ0) is 18.1. The van der Waals surface area contributed by atoms with Crippen LogP contribution in [0.5, 0.6) is 0 Å². The maximum atomic E-state index is 12.7. The molecular weight excluding hydrogens is 327 g/mol. The van der Waals surface area contributed by atoms with Crippen molar-refractivity contribution in [2.24, 2.45) is 0 Å². The highest BCUT2D eigenvalue weighted by Crippen LogP contribution is 2.32. The topological polar surface area (TPSA) is 71.5 Å². The number of nitrogens with one attached hydrogen (secondary N) is 1. The first-order chi connectivity index (χ1) is 11.2. The van der Waals surface area contributed by atoms with Crippen molar-refractivity contribution in [3.8, 4) is 0 Å². The number of carbonyl (C=O) groups is 2. The molecule has 0 saturated heterocycles. The molecule has 0 fully saturated rings. The molecule has 24 heavy (non-hydrogen) atoms. The quantitative estimate of drug-likeness (QED) is 0.832. The first kappa shape index (κ1) is 17.9. The predicted molar refractivity (Wildman–Crippen MR) is 78.6 cm³/mol. The van der Waals surface area contributed by atoms with Crippen molar-refractivity contribution < 1.29 is 27.5 Å². The molecule has 1 aromatic heterocycles. The molecule has 2 rings (SSSR count). The van der Waals surface area contributed by atoms with Crippen LogP contribution >= 0.6 is 0 Å². The second-order valence-electron chi connectivity index (χ2n) is 5.13. The van der Waals surface area contributed by atoms with E-state index in [1.54, 1.807) is 6.92 Å². The third-order valence-electron chi connectivity index (χ3n) is 3.51. The number of aryl methyl sites for hydroxylation is 1. The molecule has 1 N–H and O–H groups in total. The Morgan fingerprint density at radius 2 is 1.88 bits per heavy atom. The maximum absolute atomic E-state index is 12.7. The normalized spacial score (nSPS) is 15.5. The molecule has 2 heterocycles. The van der Waals surface area contributed by atoms with Crippen molar-refractivity contribution in [3.05, 3.63) is 34.5 Å². The van der Waals surface area contributed by atoms with Gasteiger partial charge in [-0.1, -0.05) is 0 Å². The SMILES string of the molecule is CCOCC1=C(C)C(=O)N(Nc2ccc(C(F)(F)F)c(C)n2)C1=O. The van der Waals surface area contributed by atoms with Crippen LogP contribution in [0.25, 0.3) is 0 Å². The Bertz CT molecular complexity index is 714. The number of hydrogen-bond donors (Lipinski definition) is 1. The van der Waals surface area contributed by atoms with Crippen LogP contribution < -0.4 is 5.43 Å². The summed E-state index contributed by atoms with van der Waals surface area (Å²) in [6.07, 6.45) is -4.52. The second kappa shape index (κ2) is 6.60. The Balaban J connectivity index is 2.19. The molecule has 0 aliphatic carbocycles. The number of rotatable bonds is 5. The second-order valence-corrected chi connectivity index (χ2v) is 5.13. The van der Waals surface area contributed by atoms with Gasteiger partial charge in [0.1, 0.15) is 5.82 Å². The molecule has 6 nitrogen and oxygen atoms in total. The summed E-state index contributed by atoms with van der Waals surface area (Å²) in [6.45, 7) is 4.81. The highest BCUT2D eigenvalue weighted by Gasteiger charge is 2.37. The Kier molecular flexibility index (Phi) is 4.93. The summed E-state index contributed by atoms with van der Waals surface area (Å²) in [5.41, 5.74) is 1.75.